The first-order chi connectivity index (χ1) is 8.27. The molecular formula is C15H18O2. The summed E-state index contributed by atoms with van der Waals surface area (Å²) in [6, 6.07) is 10.1. The Balaban J connectivity index is 2.22. The number of esters is 1. The Kier molecular flexibility index (Phi) is 3.62. The average molecular weight is 230 g/mol. The molecule has 90 valence electrons. The summed E-state index contributed by atoms with van der Waals surface area (Å²) in [5.74, 6) is -0.0625. The van der Waals surface area contributed by atoms with Crippen LogP contribution in [0, 0.1) is 5.41 Å². The Morgan fingerprint density at radius 1 is 1.35 bits per heavy atom. The van der Waals surface area contributed by atoms with E-state index in [2.05, 4.69) is 18.7 Å². The second kappa shape index (κ2) is 5.17. The summed E-state index contributed by atoms with van der Waals surface area (Å²) in [6.45, 7) is 4.33. The van der Waals surface area contributed by atoms with Crippen molar-refractivity contribution in [3.05, 3.63) is 48.6 Å². The lowest BCUT2D eigenvalue weighted by atomic mass is 9.74. The standard InChI is InChI=1S/C15H18O2/c1-2-9-15(10-6-11-17-14(15)16)12-13-7-4-3-5-8-13/h2-5,7-8H,1,6,9-12H2/t15-/m1/s1. The summed E-state index contributed by atoms with van der Waals surface area (Å²) >= 11 is 0. The molecule has 1 aliphatic heterocycles. The zero-order valence-corrected chi connectivity index (χ0v) is 10.0. The molecule has 0 bridgehead atoms. The first-order valence-electron chi connectivity index (χ1n) is 6.09. The summed E-state index contributed by atoms with van der Waals surface area (Å²) in [6.07, 6.45) is 5.12. The molecule has 1 heterocycles. The topological polar surface area (TPSA) is 26.3 Å². The highest BCUT2D eigenvalue weighted by Gasteiger charge is 2.40. The zero-order chi connectivity index (χ0) is 12.1. The Morgan fingerprint density at radius 2 is 2.12 bits per heavy atom. The van der Waals surface area contributed by atoms with Gasteiger partial charge in [-0.3, -0.25) is 4.79 Å². The van der Waals surface area contributed by atoms with Gasteiger partial charge in [0.25, 0.3) is 0 Å². The van der Waals surface area contributed by atoms with Crippen molar-refractivity contribution in [2.45, 2.75) is 25.7 Å². The van der Waals surface area contributed by atoms with E-state index in [9.17, 15) is 4.79 Å². The molecule has 1 atom stereocenters. The SMILES string of the molecule is C=CC[C@]1(Cc2ccccc2)CCCOC1=O. The second-order valence-electron chi connectivity index (χ2n) is 4.67. The molecule has 2 rings (SSSR count). The third kappa shape index (κ3) is 2.57. The van der Waals surface area contributed by atoms with E-state index in [1.54, 1.807) is 0 Å². The van der Waals surface area contributed by atoms with Crippen molar-refractivity contribution in [3.8, 4) is 0 Å². The van der Waals surface area contributed by atoms with E-state index >= 15 is 0 Å². The van der Waals surface area contributed by atoms with E-state index in [0.29, 0.717) is 13.0 Å². The molecule has 1 saturated heterocycles. The molecular weight excluding hydrogens is 212 g/mol. The van der Waals surface area contributed by atoms with Gasteiger partial charge < -0.3 is 4.74 Å². The minimum Gasteiger partial charge on any atom is -0.465 e. The van der Waals surface area contributed by atoms with Crippen molar-refractivity contribution >= 4 is 5.97 Å². The van der Waals surface area contributed by atoms with Crippen LogP contribution in [0.15, 0.2) is 43.0 Å². The van der Waals surface area contributed by atoms with Crippen LogP contribution in [-0.4, -0.2) is 12.6 Å². The van der Waals surface area contributed by atoms with Crippen molar-refractivity contribution in [2.24, 2.45) is 5.41 Å². The fourth-order valence-corrected chi connectivity index (χ4v) is 2.51. The summed E-state index contributed by atoms with van der Waals surface area (Å²) in [7, 11) is 0. The van der Waals surface area contributed by atoms with E-state index in [0.717, 1.165) is 19.3 Å². The molecule has 0 spiro atoms. The fourth-order valence-electron chi connectivity index (χ4n) is 2.51. The Morgan fingerprint density at radius 3 is 2.76 bits per heavy atom. The van der Waals surface area contributed by atoms with Gasteiger partial charge in [-0.1, -0.05) is 36.4 Å². The van der Waals surface area contributed by atoms with Crippen molar-refractivity contribution in [1.82, 2.24) is 0 Å². The fraction of sp³-hybridized carbons (Fsp3) is 0.400. The van der Waals surface area contributed by atoms with Gasteiger partial charge in [0.05, 0.1) is 12.0 Å². The highest BCUT2D eigenvalue weighted by atomic mass is 16.5. The third-order valence-corrected chi connectivity index (χ3v) is 3.39. The van der Waals surface area contributed by atoms with E-state index in [1.807, 2.05) is 24.3 Å². The van der Waals surface area contributed by atoms with Gasteiger partial charge in [0.1, 0.15) is 0 Å². The van der Waals surface area contributed by atoms with E-state index in [4.69, 9.17) is 4.74 Å². The molecule has 17 heavy (non-hydrogen) atoms. The Labute approximate surface area is 102 Å². The lowest BCUT2D eigenvalue weighted by Crippen LogP contribution is -2.38. The van der Waals surface area contributed by atoms with E-state index in [1.165, 1.54) is 5.56 Å². The van der Waals surface area contributed by atoms with Crippen molar-refractivity contribution in [1.29, 1.82) is 0 Å². The molecule has 2 heteroatoms. The van der Waals surface area contributed by atoms with Crippen LogP contribution in [0.25, 0.3) is 0 Å². The predicted molar refractivity (Wildman–Crippen MR) is 67.6 cm³/mol. The lowest BCUT2D eigenvalue weighted by molar-refractivity contribution is -0.162. The highest BCUT2D eigenvalue weighted by Crippen LogP contribution is 2.37. The van der Waals surface area contributed by atoms with Gasteiger partial charge in [0.15, 0.2) is 0 Å². The summed E-state index contributed by atoms with van der Waals surface area (Å²) in [5, 5.41) is 0. The molecule has 0 saturated carbocycles. The maximum absolute atomic E-state index is 12.0. The van der Waals surface area contributed by atoms with Gasteiger partial charge in [-0.05, 0) is 31.2 Å². The number of cyclic esters (lactones) is 1. The highest BCUT2D eigenvalue weighted by molar-refractivity contribution is 5.78. The summed E-state index contributed by atoms with van der Waals surface area (Å²) in [5.41, 5.74) is 0.801. The Hall–Kier alpha value is -1.57. The van der Waals surface area contributed by atoms with Gasteiger partial charge >= 0.3 is 5.97 Å². The minimum absolute atomic E-state index is 0.0625. The number of ether oxygens (including phenoxy) is 1. The quantitative estimate of drug-likeness (QED) is 0.586. The van der Waals surface area contributed by atoms with Crippen molar-refractivity contribution < 1.29 is 9.53 Å². The molecule has 1 aromatic carbocycles. The maximum atomic E-state index is 12.0. The van der Waals surface area contributed by atoms with Crippen molar-refractivity contribution in [2.75, 3.05) is 6.61 Å². The van der Waals surface area contributed by atoms with Gasteiger partial charge in [-0.15, -0.1) is 6.58 Å². The normalized spacial score (nSPS) is 24.1. The molecule has 0 N–H and O–H groups in total. The number of benzene rings is 1. The number of rotatable bonds is 4. The minimum atomic E-state index is -0.388. The summed E-state index contributed by atoms with van der Waals surface area (Å²) in [4.78, 5) is 12.0. The molecule has 2 nitrogen and oxygen atoms in total. The van der Waals surface area contributed by atoms with Crippen LogP contribution in [0.4, 0.5) is 0 Å². The van der Waals surface area contributed by atoms with E-state index in [-0.39, 0.29) is 11.4 Å². The molecule has 1 aliphatic rings. The van der Waals surface area contributed by atoms with Crippen LogP contribution in [0.2, 0.25) is 0 Å². The lowest BCUT2D eigenvalue weighted by Gasteiger charge is -2.34. The smallest absolute Gasteiger partial charge is 0.312 e. The van der Waals surface area contributed by atoms with Gasteiger partial charge in [-0.2, -0.15) is 0 Å². The van der Waals surface area contributed by atoms with Gasteiger partial charge in [0.2, 0.25) is 0 Å². The third-order valence-electron chi connectivity index (χ3n) is 3.39. The van der Waals surface area contributed by atoms with Crippen LogP contribution in [0.1, 0.15) is 24.8 Å². The van der Waals surface area contributed by atoms with Gasteiger partial charge in [0, 0.05) is 0 Å². The van der Waals surface area contributed by atoms with Crippen LogP contribution >= 0.6 is 0 Å². The number of allylic oxidation sites excluding steroid dienone is 1. The molecule has 0 aliphatic carbocycles. The molecule has 0 radical (unpaired) electrons. The van der Waals surface area contributed by atoms with Crippen LogP contribution < -0.4 is 0 Å². The first kappa shape index (κ1) is 11.9. The van der Waals surface area contributed by atoms with Crippen LogP contribution in [0.5, 0.6) is 0 Å². The molecule has 0 amide bonds. The number of carbonyl (C=O) groups excluding carboxylic acids is 1. The predicted octanol–water partition coefficient (Wildman–Crippen LogP) is 3.13. The van der Waals surface area contributed by atoms with Crippen LogP contribution in [-0.2, 0) is 16.0 Å². The number of hydrogen-bond donors (Lipinski definition) is 0. The molecule has 0 aromatic heterocycles. The van der Waals surface area contributed by atoms with E-state index < -0.39 is 0 Å². The largest absolute Gasteiger partial charge is 0.465 e. The number of hydrogen-bond acceptors (Lipinski definition) is 2. The van der Waals surface area contributed by atoms with Crippen molar-refractivity contribution in [3.63, 3.8) is 0 Å². The first-order valence-corrected chi connectivity index (χ1v) is 6.09. The second-order valence-corrected chi connectivity index (χ2v) is 4.67. The van der Waals surface area contributed by atoms with Crippen LogP contribution in [0.3, 0.4) is 0 Å². The molecule has 0 unspecified atom stereocenters. The maximum Gasteiger partial charge on any atom is 0.312 e. The average Bonchev–Trinajstić information content (AvgIpc) is 2.35. The summed E-state index contributed by atoms with van der Waals surface area (Å²) < 4.78 is 5.23. The zero-order valence-electron chi connectivity index (χ0n) is 10.0. The Bertz CT molecular complexity index is 397. The van der Waals surface area contributed by atoms with Gasteiger partial charge in [-0.25, -0.2) is 0 Å². The monoisotopic (exact) mass is 230 g/mol. The number of carbonyl (C=O) groups is 1. The molecule has 1 aromatic rings. The molecule has 1 fully saturated rings.